The number of hydrogen-bond acceptors (Lipinski definition) is 2. The Labute approximate surface area is 437 Å². The Bertz CT molecular complexity index is 2780. The van der Waals surface area contributed by atoms with Gasteiger partial charge in [-0.25, -0.2) is 0 Å². The van der Waals surface area contributed by atoms with E-state index in [9.17, 15) is 0 Å². The summed E-state index contributed by atoms with van der Waals surface area (Å²) in [7, 11) is -4.91. The Balaban J connectivity index is 0.000000176. The summed E-state index contributed by atoms with van der Waals surface area (Å²) < 4.78 is 1.06. The average Bonchev–Trinajstić information content (AvgIpc) is 3.43. The van der Waals surface area contributed by atoms with Crippen molar-refractivity contribution in [3.8, 4) is 22.5 Å². The van der Waals surface area contributed by atoms with Gasteiger partial charge in [0.2, 0.25) is 7.38 Å². The first kappa shape index (κ1) is 52.2. The molecule has 69 heavy (non-hydrogen) atoms. The smallest absolute Gasteiger partial charge is 0.343 e. The normalized spacial score (nSPS) is 10.6. The molecule has 2 nitrogen and oxygen atoms in total. The minimum atomic E-state index is -2.50. The maximum atomic E-state index is 7.25. The van der Waals surface area contributed by atoms with Gasteiger partial charge in [0.15, 0.2) is 8.07 Å². The number of pyridine rings is 2. The number of benzene rings is 8. The summed E-state index contributed by atoms with van der Waals surface area (Å²) in [5, 5.41) is 9.12. The number of unbranched alkanes of at least 4 members (excludes halogenated alkanes) is 1. The van der Waals surface area contributed by atoms with Crippen LogP contribution in [0.15, 0.2) is 284 Å². The Morgan fingerprint density at radius 1 is 0.391 bits per heavy atom. The Hall–Kier alpha value is -6.14. The van der Waals surface area contributed by atoms with Crippen LogP contribution in [0.1, 0.15) is 19.8 Å². The number of nitrogens with zero attached hydrogens (tertiary/aromatic N) is 2. The molecule has 336 valence electrons. The Morgan fingerprint density at radius 2 is 0.667 bits per heavy atom. The largest absolute Gasteiger partial charge is 1.00 e. The van der Waals surface area contributed by atoms with E-state index >= 15 is 0 Å². The monoisotopic (exact) mass is 1000 g/mol. The fourth-order valence-corrected chi connectivity index (χ4v) is 17.3. The van der Waals surface area contributed by atoms with Crippen LogP contribution < -0.4 is 55.2 Å². The molecule has 0 bridgehead atoms. The van der Waals surface area contributed by atoms with Crippen molar-refractivity contribution >= 4 is 78.8 Å². The van der Waals surface area contributed by atoms with Gasteiger partial charge in [-0.3, -0.25) is 9.97 Å². The Morgan fingerprint density at radius 3 is 0.971 bits per heavy atom. The summed E-state index contributed by atoms with van der Waals surface area (Å²) in [6, 6.07) is 93.2. The third-order valence-corrected chi connectivity index (χ3v) is 22.2. The van der Waals surface area contributed by atoms with E-state index in [1.807, 2.05) is 60.8 Å². The minimum absolute atomic E-state index is 0. The zero-order chi connectivity index (χ0) is 47.3. The van der Waals surface area contributed by atoms with Crippen LogP contribution in [-0.4, -0.2) is 25.4 Å². The van der Waals surface area contributed by atoms with Crippen LogP contribution >= 0.6 is 27.0 Å². The molecule has 10 rings (SSSR count). The van der Waals surface area contributed by atoms with Gasteiger partial charge in [0, 0.05) is 28.0 Å². The van der Waals surface area contributed by atoms with E-state index in [4.69, 9.17) is 16.1 Å². The van der Waals surface area contributed by atoms with Crippen molar-refractivity contribution in [3.05, 3.63) is 291 Å². The van der Waals surface area contributed by atoms with Crippen molar-refractivity contribution in [1.29, 1.82) is 0 Å². The molecule has 0 saturated heterocycles. The first-order valence-electron chi connectivity index (χ1n) is 23.0. The molecule has 0 aliphatic rings. The Kier molecular flexibility index (Phi) is 20.6. The van der Waals surface area contributed by atoms with E-state index in [2.05, 4.69) is 247 Å². The summed E-state index contributed by atoms with van der Waals surface area (Å²) in [4.78, 5) is 9.01. The molecule has 0 N–H and O–H groups in total. The van der Waals surface area contributed by atoms with Gasteiger partial charge < -0.3 is 6.92 Å². The standard InChI is InChI=1S/C29H23NSi.C18H15ClSi.C11H8BrN.C4H9.Li/c1-5-13-24(14-6-1)29-23-28(21-22-30-29)31(25-15-7-2-8-16-25,26-17-9-3-10-18-26)27-19-11-4-12-20-27;19-20(16-10-4-1-5-11-16,17-12-6-2-7-13-17)18-14-8-3-9-15-18;12-10-6-7-13-11(8-10)9-4-2-1-3-5-9;1-3-4-2;/h1-23H;1-15H;1-8H;1,3-4H2,2H3;/q;;;-1;+1. The molecular formula is C62H55BrClLiN2Si2. The number of halogens is 2. The molecule has 8 aromatic carbocycles. The van der Waals surface area contributed by atoms with E-state index in [0.29, 0.717) is 0 Å². The van der Waals surface area contributed by atoms with Crippen LogP contribution in [-0.2, 0) is 0 Å². The third kappa shape index (κ3) is 13.3. The van der Waals surface area contributed by atoms with Gasteiger partial charge in [-0.2, -0.15) is 6.42 Å². The number of rotatable bonds is 10. The maximum absolute atomic E-state index is 7.25. The summed E-state index contributed by atoms with van der Waals surface area (Å²) in [6.07, 6.45) is 6.04. The SMILES string of the molecule is Brc1ccnc(-c2ccccc2)c1.Cl[Si](c1ccccc1)(c1ccccc1)c1ccccc1.[CH2-]CCC.[Li+].c1ccc(-c2cc([Si](c3ccccc3)(c3ccccc3)c3ccccc3)ccn2)cc1. The van der Waals surface area contributed by atoms with Gasteiger partial charge >= 0.3 is 18.9 Å². The molecule has 0 aliphatic carbocycles. The van der Waals surface area contributed by atoms with Gasteiger partial charge in [-0.15, -0.1) is 11.1 Å². The third-order valence-electron chi connectivity index (χ3n) is 11.5. The first-order chi connectivity index (χ1) is 33.5. The van der Waals surface area contributed by atoms with Gasteiger partial charge in [0.05, 0.1) is 11.4 Å². The van der Waals surface area contributed by atoms with Crippen molar-refractivity contribution < 1.29 is 18.9 Å². The second-order valence-corrected chi connectivity index (χ2v) is 25.5. The molecule has 2 heterocycles. The van der Waals surface area contributed by atoms with E-state index in [1.54, 1.807) is 6.20 Å². The summed E-state index contributed by atoms with van der Waals surface area (Å²) in [5.41, 5.74) is 4.29. The molecule has 0 amide bonds. The molecule has 0 radical (unpaired) electrons. The molecule has 0 atom stereocenters. The zero-order valence-corrected chi connectivity index (χ0v) is 43.7. The molecule has 0 unspecified atom stereocenters. The van der Waals surface area contributed by atoms with Gasteiger partial charge in [-0.1, -0.05) is 272 Å². The van der Waals surface area contributed by atoms with Crippen molar-refractivity contribution in [3.63, 3.8) is 0 Å². The van der Waals surface area contributed by atoms with Crippen LogP contribution in [0, 0.1) is 6.92 Å². The second-order valence-electron chi connectivity index (χ2n) is 16.0. The number of aromatic nitrogens is 2. The van der Waals surface area contributed by atoms with Crippen LogP contribution in [0.4, 0.5) is 0 Å². The summed E-state index contributed by atoms with van der Waals surface area (Å²) in [5.74, 6) is 0. The molecule has 0 saturated carbocycles. The molecule has 7 heteroatoms. The summed E-state index contributed by atoms with van der Waals surface area (Å²) >= 11 is 10.7. The molecule has 0 fully saturated rings. The van der Waals surface area contributed by atoms with Crippen LogP contribution in [0.2, 0.25) is 0 Å². The van der Waals surface area contributed by atoms with E-state index in [0.717, 1.165) is 33.4 Å². The van der Waals surface area contributed by atoms with Crippen molar-refractivity contribution in [2.24, 2.45) is 0 Å². The predicted molar refractivity (Wildman–Crippen MR) is 301 cm³/mol. The maximum Gasteiger partial charge on any atom is 1.00 e. The van der Waals surface area contributed by atoms with Gasteiger partial charge in [0.25, 0.3) is 0 Å². The molecule has 0 spiro atoms. The van der Waals surface area contributed by atoms with Crippen LogP contribution in [0.5, 0.6) is 0 Å². The average molecular weight is 1010 g/mol. The molecule has 10 aromatic rings. The minimum Gasteiger partial charge on any atom is -0.343 e. The van der Waals surface area contributed by atoms with E-state index in [-0.39, 0.29) is 18.9 Å². The second kappa shape index (κ2) is 27.2. The van der Waals surface area contributed by atoms with Crippen molar-refractivity contribution in [2.45, 2.75) is 19.8 Å². The van der Waals surface area contributed by atoms with Crippen molar-refractivity contribution in [2.75, 3.05) is 0 Å². The topological polar surface area (TPSA) is 25.8 Å². The van der Waals surface area contributed by atoms with Gasteiger partial charge in [-0.05, 0) is 60.6 Å². The van der Waals surface area contributed by atoms with Crippen molar-refractivity contribution in [1.82, 2.24) is 9.97 Å². The van der Waals surface area contributed by atoms with E-state index < -0.39 is 15.5 Å². The van der Waals surface area contributed by atoms with Crippen LogP contribution in [0.3, 0.4) is 0 Å². The molecular weight excluding hydrogens is 951 g/mol. The number of hydrogen-bond donors (Lipinski definition) is 0. The van der Waals surface area contributed by atoms with Crippen LogP contribution in [0.25, 0.3) is 22.5 Å². The molecule has 2 aromatic heterocycles. The first-order valence-corrected chi connectivity index (χ1v) is 28.8. The predicted octanol–water partition coefficient (Wildman–Crippen LogP) is 9.15. The molecule has 0 aliphatic heterocycles. The fraction of sp³-hybridized carbons (Fsp3) is 0.0484. The van der Waals surface area contributed by atoms with Gasteiger partial charge in [0.1, 0.15) is 0 Å². The summed E-state index contributed by atoms with van der Waals surface area (Å²) in [6.45, 7) is 5.72. The quantitative estimate of drug-likeness (QED) is 0.0592. The van der Waals surface area contributed by atoms with E-state index in [1.165, 1.54) is 42.7 Å². The fourth-order valence-electron chi connectivity index (χ4n) is 8.17. The zero-order valence-electron chi connectivity index (χ0n) is 39.3.